The Bertz CT molecular complexity index is 556. The average Bonchev–Trinajstić information content (AvgIpc) is 2.85. The van der Waals surface area contributed by atoms with E-state index >= 15 is 0 Å². The molecule has 6 nitrogen and oxygen atoms in total. The Morgan fingerprint density at radius 2 is 2.17 bits per heavy atom. The Labute approximate surface area is 105 Å². The van der Waals surface area contributed by atoms with Crippen LogP contribution in [0.25, 0.3) is 11.4 Å². The zero-order chi connectivity index (χ0) is 13.3. The highest BCUT2D eigenvalue weighted by Gasteiger charge is 2.27. The topological polar surface area (TPSA) is 73.8 Å². The van der Waals surface area contributed by atoms with Gasteiger partial charge in [-0.05, 0) is 12.8 Å². The smallest absolute Gasteiger partial charge is 0.237 e. The van der Waals surface area contributed by atoms with Crippen LogP contribution in [0.3, 0.4) is 0 Å². The average molecular weight is 248 g/mol. The third-order valence-electron chi connectivity index (χ3n) is 2.78. The van der Waals surface area contributed by atoms with Crippen molar-refractivity contribution in [1.29, 1.82) is 0 Å². The van der Waals surface area contributed by atoms with E-state index in [1.165, 1.54) is 0 Å². The monoisotopic (exact) mass is 248 g/mol. The molecule has 2 aromatic rings. The molecule has 0 amide bonds. The molecule has 96 valence electrons. The van der Waals surface area contributed by atoms with E-state index in [0.717, 1.165) is 5.56 Å². The van der Waals surface area contributed by atoms with Crippen LogP contribution in [0.15, 0.2) is 16.9 Å². The first kappa shape index (κ1) is 12.5. The van der Waals surface area contributed by atoms with Crippen molar-refractivity contribution in [2.75, 3.05) is 0 Å². The molecular formula is C12H16N4O2. The highest BCUT2D eigenvalue weighted by molar-refractivity contribution is 5.82. The number of nitrogens with zero attached hydrogens (tertiary/aromatic N) is 4. The summed E-state index contributed by atoms with van der Waals surface area (Å²) < 4.78 is 6.86. The maximum Gasteiger partial charge on any atom is 0.237 e. The van der Waals surface area contributed by atoms with Gasteiger partial charge in [0.1, 0.15) is 5.78 Å². The molecule has 0 fully saturated rings. The van der Waals surface area contributed by atoms with Crippen LogP contribution < -0.4 is 0 Å². The van der Waals surface area contributed by atoms with Crippen LogP contribution in [0.5, 0.6) is 0 Å². The van der Waals surface area contributed by atoms with E-state index in [2.05, 4.69) is 15.2 Å². The highest BCUT2D eigenvalue weighted by atomic mass is 16.5. The van der Waals surface area contributed by atoms with Crippen LogP contribution >= 0.6 is 0 Å². The fourth-order valence-corrected chi connectivity index (χ4v) is 1.94. The molecule has 0 radical (unpaired) electrons. The Kier molecular flexibility index (Phi) is 3.27. The molecule has 1 atom stereocenters. The number of aryl methyl sites for hydroxylation is 1. The van der Waals surface area contributed by atoms with E-state index in [0.29, 0.717) is 11.7 Å². The maximum absolute atomic E-state index is 11.6. The summed E-state index contributed by atoms with van der Waals surface area (Å²) in [4.78, 5) is 15.9. The van der Waals surface area contributed by atoms with Crippen LogP contribution in [-0.2, 0) is 11.8 Å². The van der Waals surface area contributed by atoms with Gasteiger partial charge in [-0.2, -0.15) is 10.1 Å². The minimum atomic E-state index is -0.345. The van der Waals surface area contributed by atoms with Crippen molar-refractivity contribution >= 4 is 5.78 Å². The van der Waals surface area contributed by atoms with Crippen molar-refractivity contribution in [3.05, 3.63) is 18.3 Å². The van der Waals surface area contributed by atoms with Gasteiger partial charge in [0.15, 0.2) is 0 Å². The van der Waals surface area contributed by atoms with E-state index in [-0.39, 0.29) is 17.6 Å². The summed E-state index contributed by atoms with van der Waals surface area (Å²) in [5.74, 6) is 0.653. The highest BCUT2D eigenvalue weighted by Crippen LogP contribution is 2.26. The number of aromatic nitrogens is 4. The minimum absolute atomic E-state index is 0.0337. The van der Waals surface area contributed by atoms with E-state index in [9.17, 15) is 4.79 Å². The van der Waals surface area contributed by atoms with Crippen molar-refractivity contribution < 1.29 is 9.32 Å². The van der Waals surface area contributed by atoms with Crippen molar-refractivity contribution in [2.24, 2.45) is 13.0 Å². The molecular weight excluding hydrogens is 232 g/mol. The van der Waals surface area contributed by atoms with Crippen LogP contribution in [0.2, 0.25) is 0 Å². The van der Waals surface area contributed by atoms with Crippen LogP contribution in [0, 0.1) is 5.92 Å². The molecule has 2 aromatic heterocycles. The van der Waals surface area contributed by atoms with Crippen molar-refractivity contribution in [1.82, 2.24) is 19.9 Å². The molecule has 2 heterocycles. The summed E-state index contributed by atoms with van der Waals surface area (Å²) in [6.07, 6.45) is 3.46. The molecule has 0 bridgehead atoms. The first-order valence-corrected chi connectivity index (χ1v) is 5.82. The second kappa shape index (κ2) is 4.72. The molecule has 1 unspecified atom stereocenters. The van der Waals surface area contributed by atoms with E-state index in [1.54, 1.807) is 24.0 Å². The zero-order valence-electron chi connectivity index (χ0n) is 10.9. The largest absolute Gasteiger partial charge is 0.338 e. The van der Waals surface area contributed by atoms with Gasteiger partial charge in [-0.15, -0.1) is 0 Å². The molecule has 0 aliphatic heterocycles. The lowest BCUT2D eigenvalue weighted by Crippen LogP contribution is -2.15. The molecule has 0 aromatic carbocycles. The normalized spacial score (nSPS) is 12.9. The molecule has 0 aliphatic rings. The van der Waals surface area contributed by atoms with Crippen molar-refractivity contribution in [2.45, 2.75) is 26.7 Å². The van der Waals surface area contributed by atoms with E-state index in [1.807, 2.05) is 20.9 Å². The number of hydrogen-bond donors (Lipinski definition) is 0. The van der Waals surface area contributed by atoms with Gasteiger partial charge in [0.05, 0.1) is 17.7 Å². The molecule has 6 heteroatoms. The first-order valence-electron chi connectivity index (χ1n) is 5.82. The molecule has 0 aliphatic carbocycles. The quantitative estimate of drug-likeness (QED) is 0.824. The second-order valence-electron chi connectivity index (χ2n) is 4.69. The summed E-state index contributed by atoms with van der Waals surface area (Å²) in [5.41, 5.74) is 0.776. The standard InChI is InChI=1S/C12H16N4O2/c1-7(2)10(8(3)17)12-14-11(15-18-12)9-5-13-16(4)6-9/h5-7,10H,1-4H3. The zero-order valence-corrected chi connectivity index (χ0v) is 10.9. The predicted octanol–water partition coefficient (Wildman–Crippen LogP) is 1.80. The SMILES string of the molecule is CC(=O)C(c1nc(-c2cnn(C)c2)no1)C(C)C. The summed E-state index contributed by atoms with van der Waals surface area (Å²) >= 11 is 0. The molecule has 0 spiro atoms. The van der Waals surface area contributed by atoms with Gasteiger partial charge in [-0.25, -0.2) is 0 Å². The Morgan fingerprint density at radius 1 is 1.44 bits per heavy atom. The number of carbonyl (C=O) groups excluding carboxylic acids is 1. The van der Waals surface area contributed by atoms with Gasteiger partial charge in [-0.3, -0.25) is 9.48 Å². The van der Waals surface area contributed by atoms with E-state index in [4.69, 9.17) is 4.52 Å². The molecule has 0 saturated heterocycles. The van der Waals surface area contributed by atoms with Gasteiger partial charge < -0.3 is 4.52 Å². The fourth-order valence-electron chi connectivity index (χ4n) is 1.94. The van der Waals surface area contributed by atoms with Gasteiger partial charge in [-0.1, -0.05) is 19.0 Å². The lowest BCUT2D eigenvalue weighted by Gasteiger charge is -2.12. The Morgan fingerprint density at radius 3 is 2.67 bits per heavy atom. The third kappa shape index (κ3) is 2.32. The first-order chi connectivity index (χ1) is 8.49. The van der Waals surface area contributed by atoms with Gasteiger partial charge in [0, 0.05) is 13.2 Å². The maximum atomic E-state index is 11.6. The Hall–Kier alpha value is -1.98. The van der Waals surface area contributed by atoms with Crippen LogP contribution in [0.4, 0.5) is 0 Å². The predicted molar refractivity (Wildman–Crippen MR) is 64.8 cm³/mol. The van der Waals surface area contributed by atoms with Gasteiger partial charge in [0.25, 0.3) is 0 Å². The third-order valence-corrected chi connectivity index (χ3v) is 2.78. The molecule has 2 rings (SSSR count). The number of ketones is 1. The summed E-state index contributed by atoms with van der Waals surface area (Å²) in [6.45, 7) is 5.46. The molecule has 18 heavy (non-hydrogen) atoms. The van der Waals surface area contributed by atoms with Crippen molar-refractivity contribution in [3.8, 4) is 11.4 Å². The van der Waals surface area contributed by atoms with Crippen LogP contribution in [-0.4, -0.2) is 25.7 Å². The van der Waals surface area contributed by atoms with E-state index < -0.39 is 0 Å². The molecule has 0 N–H and O–H groups in total. The van der Waals surface area contributed by atoms with Crippen LogP contribution in [0.1, 0.15) is 32.6 Å². The van der Waals surface area contributed by atoms with Crippen molar-refractivity contribution in [3.63, 3.8) is 0 Å². The summed E-state index contributed by atoms with van der Waals surface area (Å²) in [6, 6.07) is 0. The lowest BCUT2D eigenvalue weighted by molar-refractivity contribution is -0.119. The summed E-state index contributed by atoms with van der Waals surface area (Å²) in [7, 11) is 1.82. The molecule has 0 saturated carbocycles. The number of hydrogen-bond acceptors (Lipinski definition) is 5. The Balaban J connectivity index is 2.32. The number of Topliss-reactive ketones (excluding diaryl/α,β-unsaturated/α-hetero) is 1. The minimum Gasteiger partial charge on any atom is -0.338 e. The second-order valence-corrected chi connectivity index (χ2v) is 4.69. The number of carbonyl (C=O) groups is 1. The van der Waals surface area contributed by atoms with Gasteiger partial charge >= 0.3 is 0 Å². The lowest BCUT2D eigenvalue weighted by atomic mass is 9.92. The fraction of sp³-hybridized carbons (Fsp3) is 0.500. The number of rotatable bonds is 4. The van der Waals surface area contributed by atoms with Gasteiger partial charge in [0.2, 0.25) is 11.7 Å². The summed E-state index contributed by atoms with van der Waals surface area (Å²) in [5, 5.41) is 7.94.